The van der Waals surface area contributed by atoms with Crippen LogP contribution in [-0.4, -0.2) is 30.1 Å². The molecule has 0 aliphatic heterocycles. The number of rotatable bonds is 6. The van der Waals surface area contributed by atoms with Crippen LogP contribution in [-0.2, 0) is 9.59 Å². The maximum absolute atomic E-state index is 12.1. The van der Waals surface area contributed by atoms with Gasteiger partial charge in [-0.25, -0.2) is 4.79 Å². The molecular weight excluding hydrogens is 258 g/mol. The average molecular weight is 279 g/mol. The first kappa shape index (κ1) is 16.0. The number of carboxylic acid groups (broad SMARTS) is 1. The Bertz CT molecular complexity index is 467. The van der Waals surface area contributed by atoms with Gasteiger partial charge in [0.05, 0.1) is 13.0 Å². The molecule has 1 aromatic carbocycles. The summed E-state index contributed by atoms with van der Waals surface area (Å²) < 4.78 is 5.06. The number of carboxylic acids is 1. The van der Waals surface area contributed by atoms with Gasteiger partial charge in [0, 0.05) is 0 Å². The Morgan fingerprint density at radius 3 is 2.10 bits per heavy atom. The van der Waals surface area contributed by atoms with Crippen LogP contribution in [0.1, 0.15) is 32.3 Å². The minimum absolute atomic E-state index is 0.167. The summed E-state index contributed by atoms with van der Waals surface area (Å²) in [7, 11) is 1.57. The molecule has 0 spiro atoms. The van der Waals surface area contributed by atoms with Crippen LogP contribution in [0, 0.1) is 5.92 Å². The molecule has 0 bridgehead atoms. The quantitative estimate of drug-likeness (QED) is 0.835. The predicted octanol–water partition coefficient (Wildman–Crippen LogP) is 2.02. The minimum Gasteiger partial charge on any atom is -0.497 e. The van der Waals surface area contributed by atoms with Crippen molar-refractivity contribution in [1.29, 1.82) is 0 Å². The van der Waals surface area contributed by atoms with Gasteiger partial charge in [0.2, 0.25) is 5.91 Å². The second kappa shape index (κ2) is 6.93. The lowest BCUT2D eigenvalue weighted by molar-refractivity contribution is -0.143. The molecule has 110 valence electrons. The number of aliphatic carboxylic acids is 1. The number of hydrogen-bond acceptors (Lipinski definition) is 3. The summed E-state index contributed by atoms with van der Waals surface area (Å²) in [5.41, 5.74) is 0.816. The summed E-state index contributed by atoms with van der Waals surface area (Å²) in [6, 6.07) is 6.28. The third-order valence-corrected chi connectivity index (χ3v) is 3.24. The molecule has 0 aromatic heterocycles. The van der Waals surface area contributed by atoms with Crippen molar-refractivity contribution in [2.24, 2.45) is 5.92 Å². The highest BCUT2D eigenvalue weighted by molar-refractivity contribution is 5.87. The van der Waals surface area contributed by atoms with Crippen LogP contribution in [0.5, 0.6) is 5.75 Å². The molecule has 0 radical (unpaired) electrons. The molecule has 0 aliphatic rings. The van der Waals surface area contributed by atoms with Crippen molar-refractivity contribution in [2.45, 2.75) is 32.7 Å². The summed E-state index contributed by atoms with van der Waals surface area (Å²) in [6.07, 6.45) is 0. The fourth-order valence-corrected chi connectivity index (χ4v) is 1.84. The van der Waals surface area contributed by atoms with Crippen molar-refractivity contribution in [3.8, 4) is 5.75 Å². The highest BCUT2D eigenvalue weighted by Gasteiger charge is 2.26. The summed E-state index contributed by atoms with van der Waals surface area (Å²) in [5.74, 6) is -1.18. The van der Waals surface area contributed by atoms with E-state index in [9.17, 15) is 9.59 Å². The topological polar surface area (TPSA) is 75.6 Å². The number of amides is 1. The predicted molar refractivity (Wildman–Crippen MR) is 75.8 cm³/mol. The number of hydrogen-bond donors (Lipinski definition) is 2. The van der Waals surface area contributed by atoms with E-state index >= 15 is 0 Å². The van der Waals surface area contributed by atoms with Crippen LogP contribution in [0.2, 0.25) is 0 Å². The molecule has 2 N–H and O–H groups in total. The van der Waals surface area contributed by atoms with Gasteiger partial charge in [0.15, 0.2) is 0 Å². The molecule has 5 heteroatoms. The van der Waals surface area contributed by atoms with Gasteiger partial charge in [-0.3, -0.25) is 4.79 Å². The van der Waals surface area contributed by atoms with Gasteiger partial charge in [0.25, 0.3) is 0 Å². The number of carbonyl (C=O) groups excluding carboxylic acids is 1. The van der Waals surface area contributed by atoms with E-state index in [2.05, 4.69) is 5.32 Å². The Hall–Kier alpha value is -2.04. The van der Waals surface area contributed by atoms with Crippen LogP contribution >= 0.6 is 0 Å². The van der Waals surface area contributed by atoms with Crippen LogP contribution in [0.4, 0.5) is 0 Å². The van der Waals surface area contributed by atoms with E-state index in [0.717, 1.165) is 5.56 Å². The standard InChI is InChI=1S/C15H21NO4/c1-9(2)13(15(18)19)16-14(17)10(3)11-5-7-12(20-4)8-6-11/h5-10,13H,1-4H3,(H,16,17)(H,18,19)/t10?,13-/m1/s1. The van der Waals surface area contributed by atoms with E-state index in [1.165, 1.54) is 0 Å². The monoisotopic (exact) mass is 279 g/mol. The van der Waals surface area contributed by atoms with Gasteiger partial charge < -0.3 is 15.2 Å². The van der Waals surface area contributed by atoms with Crippen LogP contribution in [0.3, 0.4) is 0 Å². The molecule has 1 aromatic rings. The number of ether oxygens (including phenoxy) is 1. The van der Waals surface area contributed by atoms with Crippen molar-refractivity contribution < 1.29 is 19.4 Å². The maximum atomic E-state index is 12.1. The van der Waals surface area contributed by atoms with E-state index in [1.54, 1.807) is 52.1 Å². The largest absolute Gasteiger partial charge is 0.497 e. The molecular formula is C15H21NO4. The molecule has 1 unspecified atom stereocenters. The van der Waals surface area contributed by atoms with E-state index in [4.69, 9.17) is 9.84 Å². The molecule has 1 rings (SSSR count). The molecule has 0 fully saturated rings. The van der Waals surface area contributed by atoms with E-state index < -0.39 is 17.9 Å². The normalized spacial score (nSPS) is 13.7. The maximum Gasteiger partial charge on any atom is 0.326 e. The SMILES string of the molecule is COc1ccc(C(C)C(=O)N[C@@H](C(=O)O)C(C)C)cc1. The highest BCUT2D eigenvalue weighted by Crippen LogP contribution is 2.19. The second-order valence-electron chi connectivity index (χ2n) is 5.06. The Morgan fingerprint density at radius 2 is 1.70 bits per heavy atom. The lowest BCUT2D eigenvalue weighted by atomic mass is 9.98. The molecule has 5 nitrogen and oxygen atoms in total. The summed E-state index contributed by atoms with van der Waals surface area (Å²) in [4.78, 5) is 23.2. The zero-order valence-electron chi connectivity index (χ0n) is 12.2. The van der Waals surface area contributed by atoms with E-state index in [1.807, 2.05) is 0 Å². The third kappa shape index (κ3) is 3.98. The van der Waals surface area contributed by atoms with Crippen LogP contribution in [0.25, 0.3) is 0 Å². The van der Waals surface area contributed by atoms with Crippen LogP contribution < -0.4 is 10.1 Å². The summed E-state index contributed by atoms with van der Waals surface area (Å²) in [6.45, 7) is 5.27. The molecule has 0 saturated carbocycles. The molecule has 0 heterocycles. The summed E-state index contributed by atoms with van der Waals surface area (Å²) in [5, 5.41) is 11.7. The zero-order valence-corrected chi connectivity index (χ0v) is 12.2. The van der Waals surface area contributed by atoms with Gasteiger partial charge in [-0.05, 0) is 30.5 Å². The first-order chi connectivity index (χ1) is 9.36. The fourth-order valence-electron chi connectivity index (χ4n) is 1.84. The first-order valence-corrected chi connectivity index (χ1v) is 6.54. The zero-order chi connectivity index (χ0) is 15.3. The van der Waals surface area contributed by atoms with Crippen molar-refractivity contribution in [3.63, 3.8) is 0 Å². The van der Waals surface area contributed by atoms with Crippen LogP contribution in [0.15, 0.2) is 24.3 Å². The van der Waals surface area contributed by atoms with Gasteiger partial charge in [0.1, 0.15) is 11.8 Å². The van der Waals surface area contributed by atoms with Crippen molar-refractivity contribution >= 4 is 11.9 Å². The molecule has 0 saturated heterocycles. The fraction of sp³-hybridized carbons (Fsp3) is 0.467. The molecule has 2 atom stereocenters. The Kier molecular flexibility index (Phi) is 5.55. The van der Waals surface area contributed by atoms with E-state index in [0.29, 0.717) is 5.75 Å². The van der Waals surface area contributed by atoms with Gasteiger partial charge in [-0.15, -0.1) is 0 Å². The van der Waals surface area contributed by atoms with Crippen molar-refractivity contribution in [3.05, 3.63) is 29.8 Å². The molecule has 0 aliphatic carbocycles. The first-order valence-electron chi connectivity index (χ1n) is 6.54. The molecule has 20 heavy (non-hydrogen) atoms. The lowest BCUT2D eigenvalue weighted by Crippen LogP contribution is -2.45. The average Bonchev–Trinajstić information content (AvgIpc) is 2.43. The van der Waals surface area contributed by atoms with Gasteiger partial charge >= 0.3 is 5.97 Å². The third-order valence-electron chi connectivity index (χ3n) is 3.24. The highest BCUT2D eigenvalue weighted by atomic mass is 16.5. The molecule has 1 amide bonds. The smallest absolute Gasteiger partial charge is 0.326 e. The Labute approximate surface area is 118 Å². The van der Waals surface area contributed by atoms with Crippen molar-refractivity contribution in [1.82, 2.24) is 5.32 Å². The number of carbonyl (C=O) groups is 2. The minimum atomic E-state index is -1.02. The Balaban J connectivity index is 2.77. The lowest BCUT2D eigenvalue weighted by Gasteiger charge is -2.20. The van der Waals surface area contributed by atoms with Gasteiger partial charge in [-0.2, -0.15) is 0 Å². The Morgan fingerprint density at radius 1 is 1.15 bits per heavy atom. The number of nitrogens with one attached hydrogen (secondary N) is 1. The second-order valence-corrected chi connectivity index (χ2v) is 5.06. The number of benzene rings is 1. The number of methoxy groups -OCH3 is 1. The summed E-state index contributed by atoms with van der Waals surface area (Å²) >= 11 is 0. The van der Waals surface area contributed by atoms with E-state index in [-0.39, 0.29) is 11.8 Å². The van der Waals surface area contributed by atoms with Crippen molar-refractivity contribution in [2.75, 3.05) is 7.11 Å². The van der Waals surface area contributed by atoms with Gasteiger partial charge in [-0.1, -0.05) is 26.0 Å².